The van der Waals surface area contributed by atoms with Crippen molar-refractivity contribution in [1.29, 1.82) is 0 Å². The van der Waals surface area contributed by atoms with Gasteiger partial charge in [-0.05, 0) is 36.5 Å². The summed E-state index contributed by atoms with van der Waals surface area (Å²) in [6, 6.07) is 0. The van der Waals surface area contributed by atoms with Crippen LogP contribution in [0.5, 0.6) is 0 Å². The Morgan fingerprint density at radius 3 is 2.43 bits per heavy atom. The van der Waals surface area contributed by atoms with Crippen molar-refractivity contribution < 1.29 is 4.84 Å². The summed E-state index contributed by atoms with van der Waals surface area (Å²) in [4.78, 5) is 4.86. The van der Waals surface area contributed by atoms with Crippen LogP contribution in [0.15, 0.2) is 5.16 Å². The maximum atomic E-state index is 4.86. The van der Waals surface area contributed by atoms with Gasteiger partial charge in [0, 0.05) is 0 Å². The zero-order chi connectivity index (χ0) is 10.8. The average molecular weight is 197 g/mol. The van der Waals surface area contributed by atoms with Crippen molar-refractivity contribution >= 4 is 5.71 Å². The molecule has 1 aliphatic carbocycles. The van der Waals surface area contributed by atoms with Gasteiger partial charge in [0.1, 0.15) is 7.11 Å². The highest BCUT2D eigenvalue weighted by Gasteiger charge is 2.31. The number of nitrogens with zero attached hydrogens (tertiary/aromatic N) is 1. The molecule has 0 heterocycles. The molecule has 2 nitrogen and oxygen atoms in total. The molecule has 0 aromatic rings. The van der Waals surface area contributed by atoms with Crippen molar-refractivity contribution in [3.8, 4) is 0 Å². The van der Waals surface area contributed by atoms with Gasteiger partial charge in [0.2, 0.25) is 0 Å². The lowest BCUT2D eigenvalue weighted by molar-refractivity contribution is 0.177. The van der Waals surface area contributed by atoms with Gasteiger partial charge in [-0.25, -0.2) is 0 Å². The van der Waals surface area contributed by atoms with Crippen molar-refractivity contribution in [3.63, 3.8) is 0 Å². The maximum Gasteiger partial charge on any atom is 0.106 e. The number of hydrogen-bond acceptors (Lipinski definition) is 2. The van der Waals surface area contributed by atoms with Crippen LogP contribution in [0.3, 0.4) is 0 Å². The van der Waals surface area contributed by atoms with E-state index in [0.717, 1.165) is 12.3 Å². The maximum absolute atomic E-state index is 4.86. The molecular formula is C12H23NO. The van der Waals surface area contributed by atoms with Crippen molar-refractivity contribution in [1.82, 2.24) is 0 Å². The second-order valence-corrected chi connectivity index (χ2v) is 5.50. The van der Waals surface area contributed by atoms with E-state index in [0.29, 0.717) is 11.3 Å². The predicted octanol–water partition coefficient (Wildman–Crippen LogP) is 3.47. The second kappa shape index (κ2) is 4.33. The van der Waals surface area contributed by atoms with Crippen LogP contribution < -0.4 is 0 Å². The summed E-state index contributed by atoms with van der Waals surface area (Å²) in [5.74, 6) is 1.42. The SMILES string of the molecule is CO/N=C1/CC[C@H](C(C)(C)C)C[C@H]1C. The molecule has 14 heavy (non-hydrogen) atoms. The smallest absolute Gasteiger partial charge is 0.106 e. The largest absolute Gasteiger partial charge is 0.399 e. The highest BCUT2D eigenvalue weighted by molar-refractivity contribution is 5.86. The fraction of sp³-hybridized carbons (Fsp3) is 0.917. The molecule has 2 heteroatoms. The highest BCUT2D eigenvalue weighted by atomic mass is 16.6. The molecule has 2 atom stereocenters. The Kier molecular flexibility index (Phi) is 3.57. The van der Waals surface area contributed by atoms with Gasteiger partial charge in [0.15, 0.2) is 0 Å². The molecular weight excluding hydrogens is 174 g/mol. The third-order valence-electron chi connectivity index (χ3n) is 3.39. The van der Waals surface area contributed by atoms with E-state index in [1.807, 2.05) is 0 Å². The van der Waals surface area contributed by atoms with Crippen LogP contribution in [0.2, 0.25) is 0 Å². The number of hydrogen-bond donors (Lipinski definition) is 0. The molecule has 0 saturated heterocycles. The van der Waals surface area contributed by atoms with Gasteiger partial charge in [0.25, 0.3) is 0 Å². The molecule has 0 aromatic carbocycles. The Hall–Kier alpha value is -0.530. The van der Waals surface area contributed by atoms with Crippen LogP contribution in [0, 0.1) is 17.3 Å². The van der Waals surface area contributed by atoms with E-state index in [-0.39, 0.29) is 0 Å². The first kappa shape index (κ1) is 11.5. The number of rotatable bonds is 1. The van der Waals surface area contributed by atoms with Crippen LogP contribution in [0.25, 0.3) is 0 Å². The molecule has 0 bridgehead atoms. The number of oxime groups is 1. The molecule has 0 radical (unpaired) electrons. The summed E-state index contributed by atoms with van der Waals surface area (Å²) in [5.41, 5.74) is 1.68. The van der Waals surface area contributed by atoms with Crippen molar-refractivity contribution in [2.75, 3.05) is 7.11 Å². The Morgan fingerprint density at radius 2 is 2.00 bits per heavy atom. The molecule has 0 aromatic heterocycles. The molecule has 0 spiro atoms. The Morgan fingerprint density at radius 1 is 1.36 bits per heavy atom. The van der Waals surface area contributed by atoms with E-state index in [2.05, 4.69) is 32.9 Å². The van der Waals surface area contributed by atoms with E-state index < -0.39 is 0 Å². The fourth-order valence-electron chi connectivity index (χ4n) is 2.29. The first-order chi connectivity index (χ1) is 6.45. The fourth-order valence-corrected chi connectivity index (χ4v) is 2.29. The zero-order valence-electron chi connectivity index (χ0n) is 10.1. The summed E-state index contributed by atoms with van der Waals surface area (Å²) in [6.45, 7) is 9.27. The van der Waals surface area contributed by atoms with Gasteiger partial charge < -0.3 is 4.84 Å². The molecule has 0 unspecified atom stereocenters. The molecule has 0 N–H and O–H groups in total. The molecule has 1 saturated carbocycles. The normalized spacial score (nSPS) is 31.9. The van der Waals surface area contributed by atoms with Crippen LogP contribution in [-0.4, -0.2) is 12.8 Å². The van der Waals surface area contributed by atoms with Crippen molar-refractivity contribution in [2.24, 2.45) is 22.4 Å². The summed E-state index contributed by atoms with van der Waals surface area (Å²) in [7, 11) is 1.63. The zero-order valence-corrected chi connectivity index (χ0v) is 10.1. The molecule has 1 fully saturated rings. The lowest BCUT2D eigenvalue weighted by atomic mass is 9.69. The molecule has 1 rings (SSSR count). The minimum absolute atomic E-state index is 0.437. The standard InChI is InChI=1S/C12H23NO/c1-9-8-10(12(2,3)4)6-7-11(9)13-14-5/h9-10H,6-8H2,1-5H3/b13-11-/t9-,10+/m1/s1. The van der Waals surface area contributed by atoms with E-state index in [9.17, 15) is 0 Å². The lowest BCUT2D eigenvalue weighted by Gasteiger charge is -2.36. The summed E-state index contributed by atoms with van der Waals surface area (Å²) < 4.78 is 0. The van der Waals surface area contributed by atoms with Crippen molar-refractivity contribution in [3.05, 3.63) is 0 Å². The first-order valence-electron chi connectivity index (χ1n) is 5.55. The van der Waals surface area contributed by atoms with Gasteiger partial charge in [-0.3, -0.25) is 0 Å². The summed E-state index contributed by atoms with van der Waals surface area (Å²) >= 11 is 0. The molecule has 0 aliphatic heterocycles. The molecule has 0 amide bonds. The minimum Gasteiger partial charge on any atom is -0.399 e. The Labute approximate surface area is 87.7 Å². The third-order valence-corrected chi connectivity index (χ3v) is 3.39. The lowest BCUT2D eigenvalue weighted by Crippen LogP contribution is -2.30. The van der Waals surface area contributed by atoms with E-state index in [1.54, 1.807) is 7.11 Å². The highest BCUT2D eigenvalue weighted by Crippen LogP contribution is 2.39. The van der Waals surface area contributed by atoms with Gasteiger partial charge in [0.05, 0.1) is 5.71 Å². The van der Waals surface area contributed by atoms with Crippen LogP contribution in [0.4, 0.5) is 0 Å². The van der Waals surface area contributed by atoms with Crippen molar-refractivity contribution in [2.45, 2.75) is 47.0 Å². The van der Waals surface area contributed by atoms with Crippen LogP contribution >= 0.6 is 0 Å². The second-order valence-electron chi connectivity index (χ2n) is 5.50. The quantitative estimate of drug-likeness (QED) is 0.590. The van der Waals surface area contributed by atoms with Crippen LogP contribution in [0.1, 0.15) is 47.0 Å². The minimum atomic E-state index is 0.437. The Balaban J connectivity index is 2.60. The van der Waals surface area contributed by atoms with E-state index in [4.69, 9.17) is 4.84 Å². The topological polar surface area (TPSA) is 21.6 Å². The average Bonchev–Trinajstić information content (AvgIpc) is 2.07. The first-order valence-corrected chi connectivity index (χ1v) is 5.55. The van der Waals surface area contributed by atoms with Gasteiger partial charge >= 0.3 is 0 Å². The summed E-state index contributed by atoms with van der Waals surface area (Å²) in [5, 5.41) is 4.10. The molecule has 82 valence electrons. The van der Waals surface area contributed by atoms with Gasteiger partial charge in [-0.15, -0.1) is 0 Å². The van der Waals surface area contributed by atoms with Crippen LogP contribution in [-0.2, 0) is 4.84 Å². The predicted molar refractivity (Wildman–Crippen MR) is 60.4 cm³/mol. The third kappa shape index (κ3) is 2.73. The Bertz CT molecular complexity index is 215. The van der Waals surface area contributed by atoms with Gasteiger partial charge in [-0.2, -0.15) is 0 Å². The monoisotopic (exact) mass is 197 g/mol. The van der Waals surface area contributed by atoms with E-state index >= 15 is 0 Å². The molecule has 1 aliphatic rings. The van der Waals surface area contributed by atoms with Gasteiger partial charge in [-0.1, -0.05) is 32.9 Å². The summed E-state index contributed by atoms with van der Waals surface area (Å²) in [6.07, 6.45) is 3.62. The van der Waals surface area contributed by atoms with E-state index in [1.165, 1.54) is 18.6 Å².